The fourth-order valence-corrected chi connectivity index (χ4v) is 1.90. The maximum Gasteiger partial charge on any atom is 0.254 e. The highest BCUT2D eigenvalue weighted by molar-refractivity contribution is 6.33. The fourth-order valence-electron chi connectivity index (χ4n) is 1.67. The van der Waals surface area contributed by atoms with Gasteiger partial charge in [-0.05, 0) is 24.1 Å². The molecule has 0 saturated carbocycles. The zero-order chi connectivity index (χ0) is 14.0. The largest absolute Gasteiger partial charge is 0.352 e. The van der Waals surface area contributed by atoms with E-state index in [1.807, 2.05) is 13.8 Å². The fraction of sp³-hybridized carbons (Fsp3) is 0.286. The van der Waals surface area contributed by atoms with Crippen molar-refractivity contribution in [3.63, 3.8) is 0 Å². The SMILES string of the molecule is CC(C)CNC(=O)c1cc2ccc(F)cc2nc1Cl. The molecule has 1 N–H and O–H groups in total. The van der Waals surface area contributed by atoms with Crippen molar-refractivity contribution in [1.29, 1.82) is 0 Å². The molecule has 0 bridgehead atoms. The molecule has 0 saturated heterocycles. The molecule has 1 aromatic heterocycles. The van der Waals surface area contributed by atoms with Gasteiger partial charge >= 0.3 is 0 Å². The lowest BCUT2D eigenvalue weighted by Gasteiger charge is -2.09. The third-order valence-corrected chi connectivity index (χ3v) is 2.94. The number of hydrogen-bond donors (Lipinski definition) is 1. The molecule has 0 spiro atoms. The summed E-state index contributed by atoms with van der Waals surface area (Å²) in [6, 6.07) is 5.82. The van der Waals surface area contributed by atoms with E-state index in [0.29, 0.717) is 28.9 Å². The number of carbonyl (C=O) groups excluding carboxylic acids is 1. The van der Waals surface area contributed by atoms with E-state index in [0.717, 1.165) is 0 Å². The molecule has 1 amide bonds. The lowest BCUT2D eigenvalue weighted by molar-refractivity contribution is 0.0949. The maximum atomic E-state index is 13.1. The van der Waals surface area contributed by atoms with Gasteiger partial charge in [0.1, 0.15) is 11.0 Å². The van der Waals surface area contributed by atoms with Crippen LogP contribution in [0.25, 0.3) is 10.9 Å². The van der Waals surface area contributed by atoms with Crippen LogP contribution in [-0.4, -0.2) is 17.4 Å². The minimum atomic E-state index is -0.381. The smallest absolute Gasteiger partial charge is 0.254 e. The van der Waals surface area contributed by atoms with Crippen LogP contribution >= 0.6 is 11.6 Å². The zero-order valence-corrected chi connectivity index (χ0v) is 11.5. The lowest BCUT2D eigenvalue weighted by Crippen LogP contribution is -2.27. The van der Waals surface area contributed by atoms with E-state index >= 15 is 0 Å². The van der Waals surface area contributed by atoms with Crippen LogP contribution in [0.4, 0.5) is 4.39 Å². The number of nitrogens with one attached hydrogen (secondary N) is 1. The van der Waals surface area contributed by atoms with Gasteiger partial charge in [-0.3, -0.25) is 4.79 Å². The molecule has 1 heterocycles. The third kappa shape index (κ3) is 3.20. The predicted molar refractivity (Wildman–Crippen MR) is 73.9 cm³/mol. The van der Waals surface area contributed by atoms with Crippen LogP contribution in [0.2, 0.25) is 5.15 Å². The Morgan fingerprint density at radius 3 is 2.84 bits per heavy atom. The van der Waals surface area contributed by atoms with Crippen molar-refractivity contribution >= 4 is 28.4 Å². The van der Waals surface area contributed by atoms with Crippen molar-refractivity contribution in [2.45, 2.75) is 13.8 Å². The Labute approximate surface area is 115 Å². The second kappa shape index (κ2) is 5.53. The van der Waals surface area contributed by atoms with Gasteiger partial charge in [0.25, 0.3) is 5.91 Å². The average Bonchev–Trinajstić information content (AvgIpc) is 2.35. The monoisotopic (exact) mass is 280 g/mol. The molecule has 0 aliphatic heterocycles. The van der Waals surface area contributed by atoms with E-state index in [9.17, 15) is 9.18 Å². The molecule has 0 radical (unpaired) electrons. The van der Waals surface area contributed by atoms with E-state index in [-0.39, 0.29) is 16.9 Å². The Morgan fingerprint density at radius 1 is 1.42 bits per heavy atom. The molecule has 5 heteroatoms. The Bertz CT molecular complexity index is 628. The molecule has 2 aromatic rings. The third-order valence-electron chi connectivity index (χ3n) is 2.65. The van der Waals surface area contributed by atoms with Gasteiger partial charge in [-0.1, -0.05) is 25.4 Å². The van der Waals surface area contributed by atoms with Crippen molar-refractivity contribution in [1.82, 2.24) is 10.3 Å². The molecule has 0 atom stereocenters. The number of halogens is 2. The first-order chi connectivity index (χ1) is 8.97. The number of pyridine rings is 1. The zero-order valence-electron chi connectivity index (χ0n) is 10.7. The summed E-state index contributed by atoms with van der Waals surface area (Å²) in [5, 5.41) is 3.54. The number of benzene rings is 1. The van der Waals surface area contributed by atoms with Crippen LogP contribution in [0, 0.1) is 11.7 Å². The standard InChI is InChI=1S/C14H14ClFN2O/c1-8(2)7-17-14(19)11-5-9-3-4-10(16)6-12(9)18-13(11)15/h3-6,8H,7H2,1-2H3,(H,17,19). The van der Waals surface area contributed by atoms with E-state index in [4.69, 9.17) is 11.6 Å². The minimum absolute atomic E-state index is 0.0827. The number of hydrogen-bond acceptors (Lipinski definition) is 2. The molecule has 100 valence electrons. The molecule has 3 nitrogen and oxygen atoms in total. The van der Waals surface area contributed by atoms with Gasteiger partial charge in [0, 0.05) is 18.0 Å². The number of aromatic nitrogens is 1. The number of fused-ring (bicyclic) bond motifs is 1. The van der Waals surface area contributed by atoms with Crippen molar-refractivity contribution in [2.24, 2.45) is 5.92 Å². The van der Waals surface area contributed by atoms with Crippen molar-refractivity contribution < 1.29 is 9.18 Å². The summed E-state index contributed by atoms with van der Waals surface area (Å²) in [4.78, 5) is 16.0. The van der Waals surface area contributed by atoms with Crippen LogP contribution in [0.1, 0.15) is 24.2 Å². The van der Waals surface area contributed by atoms with Crippen LogP contribution in [0.5, 0.6) is 0 Å². The quantitative estimate of drug-likeness (QED) is 0.876. The number of amides is 1. The van der Waals surface area contributed by atoms with Gasteiger partial charge in [0.15, 0.2) is 0 Å². The Morgan fingerprint density at radius 2 is 2.16 bits per heavy atom. The number of nitrogens with zero attached hydrogens (tertiary/aromatic N) is 1. The Kier molecular flexibility index (Phi) is 4.00. The molecule has 0 aliphatic rings. The highest BCUT2D eigenvalue weighted by atomic mass is 35.5. The average molecular weight is 281 g/mol. The summed E-state index contributed by atoms with van der Waals surface area (Å²) < 4.78 is 13.1. The summed E-state index contributed by atoms with van der Waals surface area (Å²) in [5.74, 6) is -0.296. The van der Waals surface area contributed by atoms with E-state index < -0.39 is 0 Å². The van der Waals surface area contributed by atoms with Gasteiger partial charge in [0.05, 0.1) is 11.1 Å². The first kappa shape index (κ1) is 13.7. The summed E-state index contributed by atoms with van der Waals surface area (Å²) in [6.07, 6.45) is 0. The van der Waals surface area contributed by atoms with Gasteiger partial charge in [-0.25, -0.2) is 9.37 Å². The minimum Gasteiger partial charge on any atom is -0.352 e. The summed E-state index contributed by atoms with van der Waals surface area (Å²) in [7, 11) is 0. The van der Waals surface area contributed by atoms with Gasteiger partial charge in [-0.15, -0.1) is 0 Å². The van der Waals surface area contributed by atoms with Crippen LogP contribution in [0.3, 0.4) is 0 Å². The molecule has 19 heavy (non-hydrogen) atoms. The van der Waals surface area contributed by atoms with Gasteiger partial charge < -0.3 is 5.32 Å². The van der Waals surface area contributed by atoms with Crippen molar-refractivity contribution in [3.8, 4) is 0 Å². The van der Waals surface area contributed by atoms with Crippen LogP contribution in [0.15, 0.2) is 24.3 Å². The second-order valence-electron chi connectivity index (χ2n) is 4.77. The molecule has 2 rings (SSSR count). The first-order valence-corrected chi connectivity index (χ1v) is 6.39. The van der Waals surface area contributed by atoms with Crippen LogP contribution < -0.4 is 5.32 Å². The summed E-state index contributed by atoms with van der Waals surface area (Å²) >= 11 is 5.97. The van der Waals surface area contributed by atoms with E-state index in [1.165, 1.54) is 12.1 Å². The first-order valence-electron chi connectivity index (χ1n) is 6.01. The van der Waals surface area contributed by atoms with E-state index in [2.05, 4.69) is 10.3 Å². The van der Waals surface area contributed by atoms with Gasteiger partial charge in [-0.2, -0.15) is 0 Å². The van der Waals surface area contributed by atoms with Crippen LogP contribution in [-0.2, 0) is 0 Å². The van der Waals surface area contributed by atoms with Gasteiger partial charge in [0.2, 0.25) is 0 Å². The number of carbonyl (C=O) groups is 1. The van der Waals surface area contributed by atoms with Crippen molar-refractivity contribution in [3.05, 3.63) is 40.8 Å². The highest BCUT2D eigenvalue weighted by Crippen LogP contribution is 2.21. The topological polar surface area (TPSA) is 42.0 Å². The Hall–Kier alpha value is -1.68. The molecule has 0 aliphatic carbocycles. The normalized spacial score (nSPS) is 11.0. The molecular weight excluding hydrogens is 267 g/mol. The van der Waals surface area contributed by atoms with Crippen molar-refractivity contribution in [2.75, 3.05) is 6.54 Å². The Balaban J connectivity index is 2.36. The maximum absolute atomic E-state index is 13.1. The molecule has 0 unspecified atom stereocenters. The molecule has 0 fully saturated rings. The highest BCUT2D eigenvalue weighted by Gasteiger charge is 2.13. The lowest BCUT2D eigenvalue weighted by atomic mass is 10.1. The predicted octanol–water partition coefficient (Wildman–Crippen LogP) is 3.41. The summed E-state index contributed by atoms with van der Waals surface area (Å²) in [6.45, 7) is 4.57. The second-order valence-corrected chi connectivity index (χ2v) is 5.13. The summed E-state index contributed by atoms with van der Waals surface area (Å²) in [5.41, 5.74) is 0.742. The van der Waals surface area contributed by atoms with E-state index in [1.54, 1.807) is 12.1 Å². The molecular formula is C14H14ClFN2O. The molecule has 1 aromatic carbocycles. The number of rotatable bonds is 3.